The van der Waals surface area contributed by atoms with Gasteiger partial charge in [0.15, 0.2) is 9.84 Å². The van der Waals surface area contributed by atoms with Crippen LogP contribution in [0.4, 0.5) is 0 Å². The SMILES string of the molecule is CC(C)(C)c1nc(CS(C)(=O)=O)[nH]c(=O)c1Br. The zero-order valence-electron chi connectivity index (χ0n) is 10.2. The number of aromatic amines is 1. The molecule has 0 spiro atoms. The van der Waals surface area contributed by atoms with Gasteiger partial charge in [-0.25, -0.2) is 13.4 Å². The van der Waals surface area contributed by atoms with Crippen molar-refractivity contribution in [3.63, 3.8) is 0 Å². The first-order chi connectivity index (χ1) is 7.50. The van der Waals surface area contributed by atoms with Crippen molar-refractivity contribution in [1.82, 2.24) is 9.97 Å². The lowest BCUT2D eigenvalue weighted by molar-refractivity contribution is 0.556. The first kappa shape index (κ1) is 14.4. The molecule has 17 heavy (non-hydrogen) atoms. The molecule has 0 aliphatic carbocycles. The molecule has 0 amide bonds. The van der Waals surface area contributed by atoms with Gasteiger partial charge in [0.2, 0.25) is 0 Å². The van der Waals surface area contributed by atoms with Crippen molar-refractivity contribution in [1.29, 1.82) is 0 Å². The molecule has 1 rings (SSSR count). The second kappa shape index (κ2) is 4.53. The predicted octanol–water partition coefficient (Wildman–Crippen LogP) is 1.37. The molecule has 0 aliphatic heterocycles. The summed E-state index contributed by atoms with van der Waals surface area (Å²) in [6, 6.07) is 0. The second-order valence-corrected chi connectivity index (χ2v) is 7.93. The van der Waals surface area contributed by atoms with Crippen LogP contribution in [0.25, 0.3) is 0 Å². The van der Waals surface area contributed by atoms with Gasteiger partial charge < -0.3 is 4.98 Å². The van der Waals surface area contributed by atoms with Crippen LogP contribution in [0.15, 0.2) is 9.27 Å². The summed E-state index contributed by atoms with van der Waals surface area (Å²) in [5.41, 5.74) is -0.136. The Morgan fingerprint density at radius 2 is 1.88 bits per heavy atom. The minimum absolute atomic E-state index is 0.172. The molecule has 7 heteroatoms. The molecule has 0 saturated heterocycles. The third kappa shape index (κ3) is 3.92. The Bertz CT molecular complexity index is 585. The standard InChI is InChI=1S/C10H15BrN2O3S/c1-10(2,3)8-7(11)9(14)13-6(12-8)5-17(4,15)16/h5H2,1-4H3,(H,12,13,14). The van der Waals surface area contributed by atoms with Crippen molar-refractivity contribution in [2.45, 2.75) is 31.9 Å². The minimum atomic E-state index is -3.22. The zero-order valence-corrected chi connectivity index (χ0v) is 12.6. The van der Waals surface area contributed by atoms with Crippen LogP contribution < -0.4 is 5.56 Å². The predicted molar refractivity (Wildman–Crippen MR) is 69.8 cm³/mol. The molecule has 0 bridgehead atoms. The molecule has 1 N–H and O–H groups in total. The molecule has 0 fully saturated rings. The summed E-state index contributed by atoms with van der Waals surface area (Å²) >= 11 is 3.17. The van der Waals surface area contributed by atoms with Gasteiger partial charge in [0.05, 0.1) is 5.69 Å². The van der Waals surface area contributed by atoms with Crippen molar-refractivity contribution in [2.75, 3.05) is 6.26 Å². The monoisotopic (exact) mass is 322 g/mol. The molecule has 0 saturated carbocycles. The lowest BCUT2D eigenvalue weighted by atomic mass is 9.92. The topological polar surface area (TPSA) is 79.9 Å². The normalized spacial score (nSPS) is 12.8. The molecular formula is C10H15BrN2O3S. The Morgan fingerprint density at radius 1 is 1.35 bits per heavy atom. The van der Waals surface area contributed by atoms with Gasteiger partial charge in [0.1, 0.15) is 16.0 Å². The summed E-state index contributed by atoms with van der Waals surface area (Å²) in [6.45, 7) is 5.72. The van der Waals surface area contributed by atoms with E-state index in [2.05, 4.69) is 25.9 Å². The lowest BCUT2D eigenvalue weighted by Gasteiger charge is -2.19. The molecular weight excluding hydrogens is 308 g/mol. The van der Waals surface area contributed by atoms with E-state index in [9.17, 15) is 13.2 Å². The summed E-state index contributed by atoms with van der Waals surface area (Å²) in [5.74, 6) is -0.0934. The van der Waals surface area contributed by atoms with Gasteiger partial charge >= 0.3 is 0 Å². The van der Waals surface area contributed by atoms with Crippen molar-refractivity contribution >= 4 is 25.8 Å². The van der Waals surface area contributed by atoms with Crippen molar-refractivity contribution < 1.29 is 8.42 Å². The minimum Gasteiger partial charge on any atom is -0.309 e. The fourth-order valence-corrected chi connectivity index (χ4v) is 2.74. The van der Waals surface area contributed by atoms with Crippen LogP contribution in [0.5, 0.6) is 0 Å². The average molecular weight is 323 g/mol. The van der Waals surface area contributed by atoms with Crippen LogP contribution in [-0.4, -0.2) is 24.6 Å². The molecule has 5 nitrogen and oxygen atoms in total. The number of H-pyrrole nitrogens is 1. The van der Waals surface area contributed by atoms with E-state index >= 15 is 0 Å². The molecule has 0 aliphatic rings. The molecule has 0 atom stereocenters. The number of hydrogen-bond donors (Lipinski definition) is 1. The quantitative estimate of drug-likeness (QED) is 0.891. The molecule has 0 aromatic carbocycles. The van der Waals surface area contributed by atoms with E-state index in [4.69, 9.17) is 0 Å². The third-order valence-electron chi connectivity index (χ3n) is 2.02. The van der Waals surface area contributed by atoms with Crippen molar-refractivity contribution in [3.05, 3.63) is 26.3 Å². The van der Waals surface area contributed by atoms with Crippen LogP contribution >= 0.6 is 15.9 Å². The number of sulfone groups is 1. The molecule has 0 unspecified atom stereocenters. The Kier molecular flexibility index (Phi) is 3.83. The van der Waals surface area contributed by atoms with Crippen LogP contribution in [-0.2, 0) is 21.0 Å². The van der Waals surface area contributed by atoms with E-state index in [1.54, 1.807) is 0 Å². The molecule has 0 radical (unpaired) electrons. The highest BCUT2D eigenvalue weighted by Crippen LogP contribution is 2.25. The Balaban J connectivity index is 3.40. The largest absolute Gasteiger partial charge is 0.309 e. The van der Waals surface area contributed by atoms with Gasteiger partial charge in [0.25, 0.3) is 5.56 Å². The van der Waals surface area contributed by atoms with Gasteiger partial charge in [-0.05, 0) is 15.9 Å². The van der Waals surface area contributed by atoms with E-state index in [-0.39, 0.29) is 22.6 Å². The van der Waals surface area contributed by atoms with Gasteiger partial charge in [-0.1, -0.05) is 20.8 Å². The first-order valence-corrected chi connectivity index (χ1v) is 7.83. The third-order valence-corrected chi connectivity index (χ3v) is 3.55. The van der Waals surface area contributed by atoms with Crippen LogP contribution in [0.2, 0.25) is 0 Å². The van der Waals surface area contributed by atoms with E-state index in [1.165, 1.54) is 0 Å². The summed E-state index contributed by atoms with van der Waals surface area (Å²) in [6.07, 6.45) is 1.10. The highest BCUT2D eigenvalue weighted by Gasteiger charge is 2.22. The van der Waals surface area contributed by atoms with Gasteiger partial charge in [-0.3, -0.25) is 4.79 Å². The summed E-state index contributed by atoms with van der Waals surface area (Å²) in [5, 5.41) is 0. The molecule has 1 aromatic heterocycles. The number of halogens is 1. The van der Waals surface area contributed by atoms with Gasteiger partial charge in [-0.15, -0.1) is 0 Å². The van der Waals surface area contributed by atoms with E-state index in [0.717, 1.165) is 6.26 Å². The Morgan fingerprint density at radius 3 is 2.29 bits per heavy atom. The summed E-state index contributed by atoms with van der Waals surface area (Å²) < 4.78 is 22.7. The number of rotatable bonds is 2. The van der Waals surface area contributed by atoms with E-state index < -0.39 is 9.84 Å². The number of nitrogens with one attached hydrogen (secondary N) is 1. The fourth-order valence-electron chi connectivity index (χ4n) is 1.32. The van der Waals surface area contributed by atoms with Crippen molar-refractivity contribution in [2.24, 2.45) is 0 Å². The second-order valence-electron chi connectivity index (χ2n) is 5.00. The highest BCUT2D eigenvalue weighted by molar-refractivity contribution is 9.10. The fraction of sp³-hybridized carbons (Fsp3) is 0.600. The number of aromatic nitrogens is 2. The number of hydrogen-bond acceptors (Lipinski definition) is 4. The van der Waals surface area contributed by atoms with Crippen LogP contribution in [0.3, 0.4) is 0 Å². The van der Waals surface area contributed by atoms with Gasteiger partial charge in [-0.2, -0.15) is 0 Å². The van der Waals surface area contributed by atoms with E-state index in [1.807, 2.05) is 20.8 Å². The first-order valence-electron chi connectivity index (χ1n) is 4.97. The smallest absolute Gasteiger partial charge is 0.265 e. The lowest BCUT2D eigenvalue weighted by Crippen LogP contribution is -2.24. The highest BCUT2D eigenvalue weighted by atomic mass is 79.9. The maximum atomic E-state index is 11.7. The number of nitrogens with zero attached hydrogens (tertiary/aromatic N) is 1. The zero-order chi connectivity index (χ0) is 13.4. The van der Waals surface area contributed by atoms with E-state index in [0.29, 0.717) is 10.2 Å². The molecule has 96 valence electrons. The summed E-state index contributed by atoms with van der Waals surface area (Å²) in [4.78, 5) is 18.3. The average Bonchev–Trinajstić information content (AvgIpc) is 2.06. The van der Waals surface area contributed by atoms with Gasteiger partial charge in [0, 0.05) is 11.7 Å². The van der Waals surface area contributed by atoms with Crippen molar-refractivity contribution in [3.8, 4) is 0 Å². The Labute approximate surface area is 109 Å². The van der Waals surface area contributed by atoms with Crippen LogP contribution in [0, 0.1) is 0 Å². The molecule has 1 aromatic rings. The maximum Gasteiger partial charge on any atom is 0.265 e. The summed E-state index contributed by atoms with van der Waals surface area (Å²) in [7, 11) is -3.22. The van der Waals surface area contributed by atoms with Crippen LogP contribution in [0.1, 0.15) is 32.3 Å². The molecule has 1 heterocycles. The maximum absolute atomic E-state index is 11.7. The Hall–Kier alpha value is -0.690.